The van der Waals surface area contributed by atoms with Crippen LogP contribution in [-0.4, -0.2) is 42.0 Å². The van der Waals surface area contributed by atoms with E-state index in [4.69, 9.17) is 0 Å². The highest BCUT2D eigenvalue weighted by Gasteiger charge is 2.09. The fraction of sp³-hybridized carbons (Fsp3) is 0.474. The highest BCUT2D eigenvalue weighted by atomic mass is 16.1. The zero-order valence-electron chi connectivity index (χ0n) is 14.6. The molecule has 0 aliphatic heterocycles. The molecule has 4 heteroatoms. The lowest BCUT2D eigenvalue weighted by molar-refractivity contribution is 0.0944. The molecule has 2 rings (SSSR count). The van der Waals surface area contributed by atoms with Gasteiger partial charge in [0.15, 0.2) is 0 Å². The molecule has 0 saturated carbocycles. The number of hydrogen-bond acceptors (Lipinski definition) is 3. The van der Waals surface area contributed by atoms with Crippen molar-refractivity contribution in [3.8, 4) is 0 Å². The van der Waals surface area contributed by atoms with Gasteiger partial charge in [-0.3, -0.25) is 4.79 Å². The number of pyridine rings is 1. The summed E-state index contributed by atoms with van der Waals surface area (Å²) in [5.41, 5.74) is 2.64. The van der Waals surface area contributed by atoms with Crippen LogP contribution < -0.4 is 5.32 Å². The van der Waals surface area contributed by atoms with E-state index in [2.05, 4.69) is 55.0 Å². The molecule has 1 amide bonds. The zero-order chi connectivity index (χ0) is 16.8. The van der Waals surface area contributed by atoms with Crippen LogP contribution in [0.2, 0.25) is 0 Å². The summed E-state index contributed by atoms with van der Waals surface area (Å²) in [6, 6.07) is 10.0. The molecule has 1 aromatic heterocycles. The number of fused-ring (bicyclic) bond motifs is 1. The van der Waals surface area contributed by atoms with E-state index in [1.54, 1.807) is 6.07 Å². The van der Waals surface area contributed by atoms with E-state index < -0.39 is 0 Å². The molecule has 1 N–H and O–H groups in total. The van der Waals surface area contributed by atoms with Gasteiger partial charge in [0.2, 0.25) is 0 Å². The van der Waals surface area contributed by atoms with Gasteiger partial charge < -0.3 is 10.2 Å². The molecule has 124 valence electrons. The minimum Gasteiger partial charge on any atom is -0.349 e. The monoisotopic (exact) mass is 313 g/mol. The number of rotatable bonds is 7. The van der Waals surface area contributed by atoms with Crippen LogP contribution in [0.5, 0.6) is 0 Å². The quantitative estimate of drug-likeness (QED) is 0.852. The van der Waals surface area contributed by atoms with Crippen molar-refractivity contribution in [2.75, 3.05) is 26.2 Å². The van der Waals surface area contributed by atoms with E-state index >= 15 is 0 Å². The molecule has 2 aromatic rings. The van der Waals surface area contributed by atoms with Crippen LogP contribution in [0.1, 0.15) is 49.7 Å². The molecule has 1 aromatic carbocycles. The van der Waals surface area contributed by atoms with Crippen LogP contribution in [0.3, 0.4) is 0 Å². The minimum atomic E-state index is -0.105. The van der Waals surface area contributed by atoms with Gasteiger partial charge in [0, 0.05) is 18.5 Å². The summed E-state index contributed by atoms with van der Waals surface area (Å²) in [4.78, 5) is 19.0. The molecule has 0 radical (unpaired) electrons. The molecule has 0 atom stereocenters. The maximum absolute atomic E-state index is 12.2. The average Bonchev–Trinajstić information content (AvgIpc) is 2.57. The third-order valence-electron chi connectivity index (χ3n) is 4.22. The predicted octanol–water partition coefficient (Wildman–Crippen LogP) is 3.43. The summed E-state index contributed by atoms with van der Waals surface area (Å²) in [6.45, 7) is 12.1. The van der Waals surface area contributed by atoms with Crippen LogP contribution in [0.15, 0.2) is 30.3 Å². The topological polar surface area (TPSA) is 45.2 Å². The van der Waals surface area contributed by atoms with Gasteiger partial charge in [0.1, 0.15) is 5.69 Å². The van der Waals surface area contributed by atoms with E-state index in [0.717, 1.165) is 30.5 Å². The van der Waals surface area contributed by atoms with Crippen molar-refractivity contribution in [3.63, 3.8) is 0 Å². The molecule has 0 fully saturated rings. The summed E-state index contributed by atoms with van der Waals surface area (Å²) < 4.78 is 0. The average molecular weight is 313 g/mol. The Morgan fingerprint density at radius 1 is 1.17 bits per heavy atom. The lowest BCUT2D eigenvalue weighted by Crippen LogP contribution is -2.35. The van der Waals surface area contributed by atoms with Crippen LogP contribution >= 0.6 is 0 Å². The van der Waals surface area contributed by atoms with Crippen molar-refractivity contribution < 1.29 is 4.79 Å². The zero-order valence-corrected chi connectivity index (χ0v) is 14.6. The normalized spacial score (nSPS) is 11.4. The van der Waals surface area contributed by atoms with Gasteiger partial charge in [-0.2, -0.15) is 0 Å². The summed E-state index contributed by atoms with van der Waals surface area (Å²) in [5.74, 6) is 0.384. The Kier molecular flexibility index (Phi) is 6.11. The third-order valence-corrected chi connectivity index (χ3v) is 4.22. The molecule has 23 heavy (non-hydrogen) atoms. The summed E-state index contributed by atoms with van der Waals surface area (Å²) in [7, 11) is 0. The second kappa shape index (κ2) is 8.06. The van der Waals surface area contributed by atoms with Crippen molar-refractivity contribution in [1.82, 2.24) is 15.2 Å². The van der Waals surface area contributed by atoms with Gasteiger partial charge >= 0.3 is 0 Å². The van der Waals surface area contributed by atoms with Gasteiger partial charge in [-0.1, -0.05) is 39.8 Å². The Morgan fingerprint density at radius 2 is 1.91 bits per heavy atom. The van der Waals surface area contributed by atoms with Crippen molar-refractivity contribution in [2.24, 2.45) is 0 Å². The second-order valence-electron chi connectivity index (χ2n) is 6.09. The number of carbonyl (C=O) groups excluding carboxylic acids is 1. The van der Waals surface area contributed by atoms with E-state index in [1.807, 2.05) is 12.1 Å². The van der Waals surface area contributed by atoms with Gasteiger partial charge in [-0.25, -0.2) is 4.98 Å². The number of carbonyl (C=O) groups is 1. The van der Waals surface area contributed by atoms with E-state index in [1.165, 1.54) is 5.56 Å². The number of aromatic nitrogens is 1. The Labute approximate surface area is 138 Å². The first-order valence-corrected chi connectivity index (χ1v) is 8.46. The lowest BCUT2D eigenvalue weighted by atomic mass is 10.0. The lowest BCUT2D eigenvalue weighted by Gasteiger charge is -2.17. The van der Waals surface area contributed by atoms with Crippen molar-refractivity contribution >= 4 is 16.8 Å². The third kappa shape index (κ3) is 4.52. The van der Waals surface area contributed by atoms with E-state index in [-0.39, 0.29) is 5.91 Å². The molecular formula is C19H27N3O. The first-order valence-electron chi connectivity index (χ1n) is 8.46. The number of nitrogens with one attached hydrogen (secondary N) is 1. The smallest absolute Gasteiger partial charge is 0.269 e. The Bertz CT molecular complexity index is 663. The predicted molar refractivity (Wildman–Crippen MR) is 96.0 cm³/mol. The van der Waals surface area contributed by atoms with Gasteiger partial charge in [-0.05, 0) is 42.8 Å². The molecular weight excluding hydrogens is 286 g/mol. The Morgan fingerprint density at radius 3 is 2.57 bits per heavy atom. The second-order valence-corrected chi connectivity index (χ2v) is 6.09. The minimum absolute atomic E-state index is 0.105. The van der Waals surface area contributed by atoms with Crippen molar-refractivity contribution in [3.05, 3.63) is 41.6 Å². The van der Waals surface area contributed by atoms with Crippen molar-refractivity contribution in [2.45, 2.75) is 33.6 Å². The molecule has 0 bridgehead atoms. The number of likely N-dealkylation sites (N-methyl/N-ethyl adjacent to an activating group) is 1. The molecule has 0 unspecified atom stereocenters. The summed E-state index contributed by atoms with van der Waals surface area (Å²) in [6.07, 6.45) is 0. The maximum atomic E-state index is 12.2. The highest BCUT2D eigenvalue weighted by Crippen LogP contribution is 2.20. The first kappa shape index (κ1) is 17.4. The van der Waals surface area contributed by atoms with Crippen LogP contribution in [-0.2, 0) is 0 Å². The van der Waals surface area contributed by atoms with Gasteiger partial charge in [0.25, 0.3) is 5.91 Å². The van der Waals surface area contributed by atoms with E-state index in [0.29, 0.717) is 18.2 Å². The maximum Gasteiger partial charge on any atom is 0.269 e. The largest absolute Gasteiger partial charge is 0.349 e. The van der Waals surface area contributed by atoms with Crippen LogP contribution in [0, 0.1) is 0 Å². The Balaban J connectivity index is 2.05. The van der Waals surface area contributed by atoms with Crippen LogP contribution in [0.4, 0.5) is 0 Å². The standard InChI is InChI=1S/C19H27N3O/c1-5-22(6-2)12-11-20-19(23)18-10-8-16-13-15(14(3)4)7-9-17(16)21-18/h7-10,13-14H,5-6,11-12H2,1-4H3,(H,20,23). The molecule has 0 aliphatic carbocycles. The number of nitrogens with zero attached hydrogens (tertiary/aromatic N) is 2. The van der Waals surface area contributed by atoms with Crippen LogP contribution in [0.25, 0.3) is 10.9 Å². The van der Waals surface area contributed by atoms with E-state index in [9.17, 15) is 4.79 Å². The number of benzene rings is 1. The molecule has 0 aliphatic rings. The van der Waals surface area contributed by atoms with Gasteiger partial charge in [0.05, 0.1) is 5.52 Å². The fourth-order valence-electron chi connectivity index (χ4n) is 2.59. The summed E-state index contributed by atoms with van der Waals surface area (Å²) >= 11 is 0. The molecule has 0 saturated heterocycles. The highest BCUT2D eigenvalue weighted by molar-refractivity contribution is 5.94. The molecule has 4 nitrogen and oxygen atoms in total. The first-order chi connectivity index (χ1) is 11.0. The number of amides is 1. The molecule has 0 spiro atoms. The Hall–Kier alpha value is -1.94. The summed E-state index contributed by atoms with van der Waals surface area (Å²) in [5, 5.41) is 4.03. The molecule has 1 heterocycles. The van der Waals surface area contributed by atoms with Crippen molar-refractivity contribution in [1.29, 1.82) is 0 Å². The fourth-order valence-corrected chi connectivity index (χ4v) is 2.59. The van der Waals surface area contributed by atoms with Gasteiger partial charge in [-0.15, -0.1) is 0 Å². The number of hydrogen-bond donors (Lipinski definition) is 1. The SMILES string of the molecule is CCN(CC)CCNC(=O)c1ccc2cc(C(C)C)ccc2n1.